The molecule has 9 aromatic carbocycles. The summed E-state index contributed by atoms with van der Waals surface area (Å²) < 4.78 is 7.20. The summed E-state index contributed by atoms with van der Waals surface area (Å²) in [6.45, 7) is 18.1. The molecule has 10 aromatic rings. The molecular formula is C64H56BN3O. The van der Waals surface area contributed by atoms with E-state index in [0.717, 1.165) is 61.8 Å². The summed E-state index contributed by atoms with van der Waals surface area (Å²) in [5.74, 6) is 0. The number of furan rings is 1. The van der Waals surface area contributed by atoms with Crippen molar-refractivity contribution in [2.45, 2.75) is 66.2 Å². The second kappa shape index (κ2) is 15.9. The average molecular weight is 894 g/mol. The van der Waals surface area contributed by atoms with Crippen LogP contribution in [0.5, 0.6) is 0 Å². The van der Waals surface area contributed by atoms with Crippen molar-refractivity contribution in [3.05, 3.63) is 216 Å². The summed E-state index contributed by atoms with van der Waals surface area (Å²) in [7, 11) is 0. The number of hydrogen-bond donors (Lipinski definition) is 0. The molecule has 0 spiro atoms. The van der Waals surface area contributed by atoms with Gasteiger partial charge in [0.15, 0.2) is 5.58 Å². The number of aryl methyl sites for hydroxylation is 2. The van der Waals surface area contributed by atoms with E-state index < -0.39 is 0 Å². The van der Waals surface area contributed by atoms with Crippen LogP contribution in [0.25, 0.3) is 33.1 Å². The monoisotopic (exact) mass is 893 g/mol. The zero-order valence-electron chi connectivity index (χ0n) is 40.8. The summed E-state index contributed by atoms with van der Waals surface area (Å²) in [5, 5.41) is 2.23. The Morgan fingerprint density at radius 3 is 1.78 bits per heavy atom. The standard InChI is InChI=1S/C64H56BN3O/c1-41-29-33-46(34-30-41)67-55-35-31-42(2)37-52(55)65-53-38-44(63(3,4)5)32-36-56(53)68(54-27-16-15-23-48(54)43-19-11-9-12-20-43)59-40-47(39-58(67)60(59)65)66(45-21-13-10-14-22-45)57-28-18-25-50-49-24-17-26-51(64(6,7)8)61(49)69-62(50)57/h9-40H,1-8H3. The van der Waals surface area contributed by atoms with Crippen LogP contribution >= 0.6 is 0 Å². The maximum absolute atomic E-state index is 7.20. The fraction of sp³-hybridized carbons (Fsp3) is 0.156. The van der Waals surface area contributed by atoms with Gasteiger partial charge in [-0.2, -0.15) is 0 Å². The highest BCUT2D eigenvalue weighted by molar-refractivity contribution is 7.00. The number of nitrogens with zero attached hydrogens (tertiary/aromatic N) is 3. The van der Waals surface area contributed by atoms with Crippen LogP contribution in [0.1, 0.15) is 63.8 Å². The van der Waals surface area contributed by atoms with Crippen LogP contribution in [0.3, 0.4) is 0 Å². The van der Waals surface area contributed by atoms with Crippen molar-refractivity contribution in [1.29, 1.82) is 0 Å². The Hall–Kier alpha value is -7.76. The van der Waals surface area contributed by atoms with E-state index >= 15 is 0 Å². The smallest absolute Gasteiger partial charge is 0.252 e. The van der Waals surface area contributed by atoms with Crippen LogP contribution in [-0.4, -0.2) is 6.71 Å². The molecule has 0 saturated carbocycles. The Kier molecular flexibility index (Phi) is 9.83. The topological polar surface area (TPSA) is 22.9 Å². The van der Waals surface area contributed by atoms with Gasteiger partial charge in [0.25, 0.3) is 6.71 Å². The highest BCUT2D eigenvalue weighted by atomic mass is 16.3. The lowest BCUT2D eigenvalue weighted by Gasteiger charge is -2.45. The quantitative estimate of drug-likeness (QED) is 0.155. The van der Waals surface area contributed by atoms with Crippen molar-refractivity contribution in [3.8, 4) is 11.1 Å². The van der Waals surface area contributed by atoms with Gasteiger partial charge in [0.2, 0.25) is 0 Å². The molecule has 0 unspecified atom stereocenters. The van der Waals surface area contributed by atoms with Gasteiger partial charge in [0.1, 0.15) is 5.58 Å². The van der Waals surface area contributed by atoms with Gasteiger partial charge in [-0.15, -0.1) is 0 Å². The molecule has 0 N–H and O–H groups in total. The van der Waals surface area contributed by atoms with Gasteiger partial charge in [-0.3, -0.25) is 0 Å². The molecule has 3 heterocycles. The molecule has 69 heavy (non-hydrogen) atoms. The van der Waals surface area contributed by atoms with Crippen molar-refractivity contribution < 1.29 is 4.42 Å². The van der Waals surface area contributed by atoms with Crippen LogP contribution in [0.15, 0.2) is 199 Å². The first-order chi connectivity index (χ1) is 33.3. The van der Waals surface area contributed by atoms with Crippen molar-refractivity contribution in [1.82, 2.24) is 0 Å². The second-order valence-electron chi connectivity index (χ2n) is 21.2. The van der Waals surface area contributed by atoms with E-state index in [1.54, 1.807) is 0 Å². The van der Waals surface area contributed by atoms with Crippen LogP contribution < -0.4 is 31.1 Å². The molecule has 0 bridgehead atoms. The number of rotatable bonds is 6. The third kappa shape index (κ3) is 6.97. The van der Waals surface area contributed by atoms with Crippen molar-refractivity contribution in [3.63, 3.8) is 0 Å². The van der Waals surface area contributed by atoms with Gasteiger partial charge >= 0.3 is 0 Å². The Morgan fingerprint density at radius 1 is 0.449 bits per heavy atom. The number of para-hydroxylation sites is 4. The van der Waals surface area contributed by atoms with Crippen molar-refractivity contribution >= 4 is 96.2 Å². The maximum atomic E-state index is 7.20. The normalized spacial score (nSPS) is 13.1. The zero-order valence-corrected chi connectivity index (χ0v) is 40.8. The second-order valence-corrected chi connectivity index (χ2v) is 21.2. The van der Waals surface area contributed by atoms with E-state index in [4.69, 9.17) is 4.42 Å². The van der Waals surface area contributed by atoms with Crippen LogP contribution in [0.2, 0.25) is 0 Å². The van der Waals surface area contributed by atoms with Crippen molar-refractivity contribution in [2.24, 2.45) is 0 Å². The fourth-order valence-corrected chi connectivity index (χ4v) is 11.0. The fourth-order valence-electron chi connectivity index (χ4n) is 11.0. The SMILES string of the molecule is Cc1ccc(N2c3ccc(C)cc3B3c4cc(C(C)(C)C)ccc4N(c4ccccc4-c4ccccc4)c4cc(N(c5ccccc5)c5cccc6c5oc5c(C(C)(C)C)cccc56)cc2c43)cc1. The Morgan fingerprint density at radius 2 is 1.06 bits per heavy atom. The van der Waals surface area contributed by atoms with Gasteiger partial charge in [0.05, 0.1) is 17.1 Å². The Bertz CT molecular complexity index is 3620. The average Bonchev–Trinajstić information content (AvgIpc) is 3.74. The number of anilines is 9. The third-order valence-electron chi connectivity index (χ3n) is 14.4. The predicted octanol–water partition coefficient (Wildman–Crippen LogP) is 16.0. The molecule has 0 fully saturated rings. The van der Waals surface area contributed by atoms with Gasteiger partial charge < -0.3 is 19.1 Å². The minimum Gasteiger partial charge on any atom is -0.454 e. The van der Waals surface area contributed by atoms with Gasteiger partial charge in [0, 0.05) is 56.0 Å². The lowest BCUT2D eigenvalue weighted by molar-refractivity contribution is 0.573. The van der Waals surface area contributed by atoms with Gasteiger partial charge in [-0.05, 0) is 113 Å². The van der Waals surface area contributed by atoms with E-state index in [-0.39, 0.29) is 17.5 Å². The highest BCUT2D eigenvalue weighted by Crippen LogP contribution is 2.51. The molecule has 0 amide bonds. The van der Waals surface area contributed by atoms with E-state index in [2.05, 4.69) is 264 Å². The van der Waals surface area contributed by atoms with E-state index in [9.17, 15) is 0 Å². The first-order valence-electron chi connectivity index (χ1n) is 24.4. The predicted molar refractivity (Wildman–Crippen MR) is 295 cm³/mol. The van der Waals surface area contributed by atoms with Gasteiger partial charge in [-0.1, -0.05) is 186 Å². The van der Waals surface area contributed by atoms with Crippen LogP contribution in [0.4, 0.5) is 51.2 Å². The lowest BCUT2D eigenvalue weighted by Crippen LogP contribution is -2.61. The summed E-state index contributed by atoms with van der Waals surface area (Å²) >= 11 is 0. The molecule has 12 rings (SSSR count). The van der Waals surface area contributed by atoms with Crippen molar-refractivity contribution in [2.75, 3.05) is 14.7 Å². The molecule has 1 aromatic heterocycles. The van der Waals surface area contributed by atoms with E-state index in [1.807, 2.05) is 0 Å². The van der Waals surface area contributed by atoms with Crippen LogP contribution in [0, 0.1) is 13.8 Å². The minimum absolute atomic E-state index is 0.0436. The maximum Gasteiger partial charge on any atom is 0.252 e. The number of hydrogen-bond acceptors (Lipinski definition) is 4. The number of benzene rings is 9. The molecule has 2 aliphatic heterocycles. The zero-order chi connectivity index (χ0) is 47.3. The summed E-state index contributed by atoms with van der Waals surface area (Å²) in [6.07, 6.45) is 0. The molecule has 2 aliphatic rings. The summed E-state index contributed by atoms with van der Waals surface area (Å²) in [4.78, 5) is 7.51. The molecule has 0 aliphatic carbocycles. The molecule has 0 radical (unpaired) electrons. The number of fused-ring (bicyclic) bond motifs is 7. The lowest BCUT2D eigenvalue weighted by atomic mass is 9.33. The molecule has 4 nitrogen and oxygen atoms in total. The van der Waals surface area contributed by atoms with E-state index in [0.29, 0.717) is 0 Å². The van der Waals surface area contributed by atoms with Gasteiger partial charge in [-0.25, -0.2) is 0 Å². The molecular weight excluding hydrogens is 838 g/mol. The first-order valence-corrected chi connectivity index (χ1v) is 24.4. The first kappa shape index (κ1) is 42.6. The minimum atomic E-state index is -0.109. The highest BCUT2D eigenvalue weighted by Gasteiger charge is 2.45. The molecule has 0 atom stereocenters. The largest absolute Gasteiger partial charge is 0.454 e. The summed E-state index contributed by atoms with van der Waals surface area (Å²) in [5.41, 5.74) is 22.8. The third-order valence-corrected chi connectivity index (χ3v) is 14.4. The molecule has 5 heteroatoms. The Labute approximate surface area is 407 Å². The van der Waals surface area contributed by atoms with E-state index in [1.165, 1.54) is 61.1 Å². The molecule has 0 saturated heterocycles. The Balaban J connectivity index is 1.23. The summed E-state index contributed by atoms with van der Waals surface area (Å²) in [6, 6.07) is 72.1. The van der Waals surface area contributed by atoms with Crippen LogP contribution in [-0.2, 0) is 10.8 Å². The molecule has 336 valence electrons.